The summed E-state index contributed by atoms with van der Waals surface area (Å²) in [5, 5.41) is 10.9. The fraction of sp³-hybridized carbons (Fsp3) is 0.385. The largest absolute Gasteiger partial charge is 0.368 e. The van der Waals surface area contributed by atoms with E-state index in [1.165, 1.54) is 6.07 Å². The highest BCUT2D eigenvalue weighted by atomic mass is 32.2. The highest BCUT2D eigenvalue weighted by Crippen LogP contribution is 2.25. The Hall–Kier alpha value is -1.74. The van der Waals surface area contributed by atoms with Crippen molar-refractivity contribution in [2.75, 3.05) is 34.8 Å². The maximum atomic E-state index is 14.0. The van der Waals surface area contributed by atoms with E-state index in [9.17, 15) is 9.18 Å². The SMILES string of the molecule is N#CCC(=O)Nc1ccc(N2CCSCC2)c(F)c1. The number of thioether (sulfide) groups is 1. The van der Waals surface area contributed by atoms with Gasteiger partial charge >= 0.3 is 0 Å². The number of benzene rings is 1. The Morgan fingerprint density at radius 3 is 2.84 bits per heavy atom. The van der Waals surface area contributed by atoms with Crippen molar-refractivity contribution in [1.82, 2.24) is 0 Å². The lowest BCUT2D eigenvalue weighted by atomic mass is 10.2. The number of nitrogens with one attached hydrogen (secondary N) is 1. The summed E-state index contributed by atoms with van der Waals surface area (Å²) in [6.45, 7) is 1.67. The van der Waals surface area contributed by atoms with Gasteiger partial charge in [-0.15, -0.1) is 0 Å². The Morgan fingerprint density at radius 1 is 1.47 bits per heavy atom. The van der Waals surface area contributed by atoms with Gasteiger partial charge in [0.1, 0.15) is 12.2 Å². The molecular weight excluding hydrogens is 265 g/mol. The van der Waals surface area contributed by atoms with Crippen LogP contribution >= 0.6 is 11.8 Å². The number of nitriles is 1. The topological polar surface area (TPSA) is 56.1 Å². The highest BCUT2D eigenvalue weighted by Gasteiger charge is 2.15. The van der Waals surface area contributed by atoms with Crippen molar-refractivity contribution in [3.8, 4) is 6.07 Å². The first-order valence-electron chi connectivity index (χ1n) is 6.00. The van der Waals surface area contributed by atoms with E-state index in [1.807, 2.05) is 16.7 Å². The highest BCUT2D eigenvalue weighted by molar-refractivity contribution is 7.99. The van der Waals surface area contributed by atoms with Gasteiger partial charge < -0.3 is 10.2 Å². The first-order valence-corrected chi connectivity index (χ1v) is 7.15. The van der Waals surface area contributed by atoms with E-state index in [2.05, 4.69) is 5.32 Å². The van der Waals surface area contributed by atoms with Crippen molar-refractivity contribution in [1.29, 1.82) is 5.26 Å². The molecule has 4 nitrogen and oxygen atoms in total. The molecule has 1 aromatic rings. The van der Waals surface area contributed by atoms with Crippen LogP contribution in [0, 0.1) is 17.1 Å². The second-order valence-electron chi connectivity index (χ2n) is 4.15. The third kappa shape index (κ3) is 3.61. The smallest absolute Gasteiger partial charge is 0.238 e. The molecule has 2 rings (SSSR count). The molecule has 100 valence electrons. The van der Waals surface area contributed by atoms with Crippen LogP contribution < -0.4 is 10.2 Å². The molecule has 19 heavy (non-hydrogen) atoms. The number of carbonyl (C=O) groups excluding carboxylic acids is 1. The molecule has 0 spiro atoms. The summed E-state index contributed by atoms with van der Waals surface area (Å²) in [6, 6.07) is 6.38. The second-order valence-corrected chi connectivity index (χ2v) is 5.37. The van der Waals surface area contributed by atoms with Gasteiger partial charge in [-0.1, -0.05) is 0 Å². The van der Waals surface area contributed by atoms with Crippen molar-refractivity contribution in [3.05, 3.63) is 24.0 Å². The van der Waals surface area contributed by atoms with E-state index < -0.39 is 5.91 Å². The minimum atomic E-state index is -0.427. The molecule has 1 aromatic carbocycles. The molecule has 1 heterocycles. The number of halogens is 1. The van der Waals surface area contributed by atoms with Crippen LogP contribution in [0.2, 0.25) is 0 Å². The van der Waals surface area contributed by atoms with Gasteiger partial charge in [0.2, 0.25) is 5.91 Å². The molecule has 6 heteroatoms. The maximum Gasteiger partial charge on any atom is 0.238 e. The summed E-state index contributed by atoms with van der Waals surface area (Å²) in [5.74, 6) is 1.23. The number of rotatable bonds is 3. The Kier molecular flexibility index (Phi) is 4.63. The van der Waals surface area contributed by atoms with Gasteiger partial charge in [0.15, 0.2) is 0 Å². The normalized spacial score (nSPS) is 14.8. The summed E-state index contributed by atoms with van der Waals surface area (Å²) in [6.07, 6.45) is -0.229. The zero-order valence-electron chi connectivity index (χ0n) is 10.4. The molecule has 1 aliphatic rings. The third-order valence-corrected chi connectivity index (χ3v) is 3.77. The first-order chi connectivity index (χ1) is 9.20. The Labute approximate surface area is 115 Å². The number of anilines is 2. The molecule has 0 atom stereocenters. The molecule has 0 aromatic heterocycles. The first kappa shape index (κ1) is 13.7. The number of nitrogens with zero attached hydrogens (tertiary/aromatic N) is 2. The van der Waals surface area contributed by atoms with Crippen LogP contribution in [-0.4, -0.2) is 30.5 Å². The van der Waals surface area contributed by atoms with Gasteiger partial charge in [0.25, 0.3) is 0 Å². The zero-order chi connectivity index (χ0) is 13.7. The quantitative estimate of drug-likeness (QED) is 0.922. The molecule has 1 N–H and O–H groups in total. The summed E-state index contributed by atoms with van der Waals surface area (Å²) < 4.78 is 14.0. The number of carbonyl (C=O) groups is 1. The Balaban J connectivity index is 2.08. The lowest BCUT2D eigenvalue weighted by Gasteiger charge is -2.28. The van der Waals surface area contributed by atoms with Crippen molar-refractivity contribution in [2.45, 2.75) is 6.42 Å². The summed E-state index contributed by atoms with van der Waals surface area (Å²) in [7, 11) is 0. The molecule has 1 amide bonds. The van der Waals surface area contributed by atoms with Gasteiger partial charge in [-0.3, -0.25) is 4.79 Å². The molecule has 0 aliphatic carbocycles. The second kappa shape index (κ2) is 6.43. The van der Waals surface area contributed by atoms with Crippen LogP contribution in [-0.2, 0) is 4.79 Å². The predicted octanol–water partition coefficient (Wildman–Crippen LogP) is 2.23. The van der Waals surface area contributed by atoms with Gasteiger partial charge in [0, 0.05) is 30.3 Å². The van der Waals surface area contributed by atoms with Crippen LogP contribution in [0.4, 0.5) is 15.8 Å². The monoisotopic (exact) mass is 279 g/mol. The average Bonchev–Trinajstić information content (AvgIpc) is 2.40. The number of hydrogen-bond acceptors (Lipinski definition) is 4. The van der Waals surface area contributed by atoms with Crippen molar-refractivity contribution in [3.63, 3.8) is 0 Å². The fourth-order valence-electron chi connectivity index (χ4n) is 1.92. The van der Waals surface area contributed by atoms with E-state index in [4.69, 9.17) is 5.26 Å². The van der Waals surface area contributed by atoms with E-state index in [-0.39, 0.29) is 12.2 Å². The average molecular weight is 279 g/mol. The molecule has 1 fully saturated rings. The zero-order valence-corrected chi connectivity index (χ0v) is 11.2. The lowest BCUT2D eigenvalue weighted by molar-refractivity contribution is -0.115. The summed E-state index contributed by atoms with van der Waals surface area (Å²) >= 11 is 1.86. The van der Waals surface area contributed by atoms with Gasteiger partial charge in [-0.2, -0.15) is 17.0 Å². The molecule has 0 bridgehead atoms. The van der Waals surface area contributed by atoms with Crippen LogP contribution in [0.15, 0.2) is 18.2 Å². The standard InChI is InChI=1S/C13H14FN3OS/c14-11-9-10(16-13(18)3-4-15)1-2-12(11)17-5-7-19-8-6-17/h1-2,9H,3,5-8H2,(H,16,18). The van der Waals surface area contributed by atoms with Crippen LogP contribution in [0.1, 0.15) is 6.42 Å². The minimum absolute atomic E-state index is 0.229. The molecule has 0 radical (unpaired) electrons. The summed E-state index contributed by atoms with van der Waals surface area (Å²) in [4.78, 5) is 13.2. The third-order valence-electron chi connectivity index (χ3n) is 2.82. The molecular formula is C13H14FN3OS. The van der Waals surface area contributed by atoms with E-state index >= 15 is 0 Å². The lowest BCUT2D eigenvalue weighted by Crippen LogP contribution is -2.33. The van der Waals surface area contributed by atoms with Crippen LogP contribution in [0.5, 0.6) is 0 Å². The fourth-order valence-corrected chi connectivity index (χ4v) is 2.83. The Bertz CT molecular complexity index is 509. The molecule has 1 saturated heterocycles. The number of hydrogen-bond donors (Lipinski definition) is 1. The van der Waals surface area contributed by atoms with Gasteiger partial charge in [-0.05, 0) is 18.2 Å². The van der Waals surface area contributed by atoms with E-state index in [0.717, 1.165) is 24.6 Å². The molecule has 0 saturated carbocycles. The van der Waals surface area contributed by atoms with Gasteiger partial charge in [-0.25, -0.2) is 4.39 Å². The molecule has 0 unspecified atom stereocenters. The Morgan fingerprint density at radius 2 is 2.21 bits per heavy atom. The maximum absolute atomic E-state index is 14.0. The van der Waals surface area contributed by atoms with Crippen LogP contribution in [0.25, 0.3) is 0 Å². The van der Waals surface area contributed by atoms with Crippen molar-refractivity contribution < 1.29 is 9.18 Å². The van der Waals surface area contributed by atoms with Crippen molar-refractivity contribution >= 4 is 29.0 Å². The minimum Gasteiger partial charge on any atom is -0.368 e. The molecule has 1 aliphatic heterocycles. The van der Waals surface area contributed by atoms with Crippen LogP contribution in [0.3, 0.4) is 0 Å². The summed E-state index contributed by atoms with van der Waals surface area (Å²) in [5.41, 5.74) is 0.950. The van der Waals surface area contributed by atoms with E-state index in [1.54, 1.807) is 18.2 Å². The number of amides is 1. The van der Waals surface area contributed by atoms with E-state index in [0.29, 0.717) is 11.4 Å². The van der Waals surface area contributed by atoms with Crippen molar-refractivity contribution in [2.24, 2.45) is 0 Å². The van der Waals surface area contributed by atoms with Gasteiger partial charge in [0.05, 0.1) is 11.8 Å². The predicted molar refractivity (Wildman–Crippen MR) is 74.8 cm³/mol.